The minimum absolute atomic E-state index is 0.00458. The van der Waals surface area contributed by atoms with E-state index in [0.717, 1.165) is 13.1 Å². The van der Waals surface area contributed by atoms with Crippen molar-refractivity contribution < 1.29 is 4.79 Å². The molecule has 1 aliphatic heterocycles. The van der Waals surface area contributed by atoms with Crippen LogP contribution in [-0.4, -0.2) is 29.1 Å². The number of aromatic nitrogens is 1. The highest BCUT2D eigenvalue weighted by Gasteiger charge is 2.26. The Morgan fingerprint density at radius 1 is 1.57 bits per heavy atom. The van der Waals surface area contributed by atoms with E-state index in [1.807, 2.05) is 11.0 Å². The maximum Gasteiger partial charge on any atom is 0.317 e. The third kappa shape index (κ3) is 1.27. The van der Waals surface area contributed by atoms with Crippen LogP contribution in [0.3, 0.4) is 0 Å². The van der Waals surface area contributed by atoms with Crippen LogP contribution in [0, 0.1) is 0 Å². The van der Waals surface area contributed by atoms with Gasteiger partial charge in [-0.1, -0.05) is 0 Å². The molecule has 0 saturated carbocycles. The lowest BCUT2D eigenvalue weighted by molar-refractivity contribution is 0.164. The average Bonchev–Trinajstić information content (AvgIpc) is 2.66. The normalized spacial score (nSPS) is 20.4. The number of hydrogen-bond acceptors (Lipinski definition) is 1. The van der Waals surface area contributed by atoms with Crippen molar-refractivity contribution in [3.63, 3.8) is 0 Å². The standard InChI is InChI=1S/C10H15N3O/c1-8-9-4-3-5-12(9)6-7-13(8)10(14)11-2/h3-5,8H,6-7H2,1-2H3,(H,11,14). The maximum atomic E-state index is 11.5. The third-order valence-corrected chi connectivity index (χ3v) is 2.82. The Kier molecular flexibility index (Phi) is 2.19. The molecule has 2 amide bonds. The van der Waals surface area contributed by atoms with Gasteiger partial charge < -0.3 is 14.8 Å². The van der Waals surface area contributed by atoms with Crippen molar-refractivity contribution in [1.29, 1.82) is 0 Å². The van der Waals surface area contributed by atoms with E-state index < -0.39 is 0 Å². The van der Waals surface area contributed by atoms with E-state index in [0.29, 0.717) is 0 Å². The van der Waals surface area contributed by atoms with Crippen LogP contribution in [-0.2, 0) is 6.54 Å². The molecule has 0 aliphatic carbocycles. The number of carbonyl (C=O) groups excluding carboxylic acids is 1. The van der Waals surface area contributed by atoms with Crippen LogP contribution in [0.1, 0.15) is 18.7 Å². The Balaban J connectivity index is 2.25. The number of carbonyl (C=O) groups is 1. The van der Waals surface area contributed by atoms with Gasteiger partial charge in [0.25, 0.3) is 0 Å². The Labute approximate surface area is 83.5 Å². The van der Waals surface area contributed by atoms with Crippen LogP contribution < -0.4 is 5.32 Å². The summed E-state index contributed by atoms with van der Waals surface area (Å²) in [6, 6.07) is 4.27. The van der Waals surface area contributed by atoms with Crippen molar-refractivity contribution in [2.75, 3.05) is 13.6 Å². The molecule has 2 rings (SSSR count). The Morgan fingerprint density at radius 3 is 3.07 bits per heavy atom. The molecule has 4 heteroatoms. The third-order valence-electron chi connectivity index (χ3n) is 2.82. The molecule has 1 aromatic heterocycles. The number of hydrogen-bond donors (Lipinski definition) is 1. The summed E-state index contributed by atoms with van der Waals surface area (Å²) < 4.78 is 2.20. The average molecular weight is 193 g/mol. The lowest BCUT2D eigenvalue weighted by Gasteiger charge is -2.34. The molecule has 76 valence electrons. The maximum absolute atomic E-state index is 11.5. The molecular formula is C10H15N3O. The summed E-state index contributed by atoms with van der Waals surface area (Å²) in [6.45, 7) is 3.73. The highest BCUT2D eigenvalue weighted by molar-refractivity contribution is 5.74. The molecule has 4 nitrogen and oxygen atoms in total. The lowest BCUT2D eigenvalue weighted by Crippen LogP contribution is -2.44. The fraction of sp³-hybridized carbons (Fsp3) is 0.500. The van der Waals surface area contributed by atoms with Crippen LogP contribution in [0.25, 0.3) is 0 Å². The zero-order chi connectivity index (χ0) is 10.1. The molecule has 0 saturated heterocycles. The van der Waals surface area contributed by atoms with E-state index in [1.165, 1.54) is 5.69 Å². The van der Waals surface area contributed by atoms with Gasteiger partial charge in [-0.15, -0.1) is 0 Å². The number of nitrogens with zero attached hydrogens (tertiary/aromatic N) is 2. The van der Waals surface area contributed by atoms with Crippen molar-refractivity contribution in [3.05, 3.63) is 24.0 Å². The molecule has 14 heavy (non-hydrogen) atoms. The highest BCUT2D eigenvalue weighted by Crippen LogP contribution is 2.24. The van der Waals surface area contributed by atoms with E-state index in [2.05, 4.69) is 29.1 Å². The SMILES string of the molecule is CNC(=O)N1CCn2cccc2C1C. The van der Waals surface area contributed by atoms with Crippen LogP contribution >= 0.6 is 0 Å². The molecule has 0 spiro atoms. The Morgan fingerprint density at radius 2 is 2.36 bits per heavy atom. The lowest BCUT2D eigenvalue weighted by atomic mass is 10.1. The van der Waals surface area contributed by atoms with Crippen molar-refractivity contribution in [2.24, 2.45) is 0 Å². The second-order valence-corrected chi connectivity index (χ2v) is 3.55. The largest absolute Gasteiger partial charge is 0.348 e. The van der Waals surface area contributed by atoms with Gasteiger partial charge in [-0.25, -0.2) is 4.79 Å². The molecule has 0 aromatic carbocycles. The highest BCUT2D eigenvalue weighted by atomic mass is 16.2. The number of nitrogens with one attached hydrogen (secondary N) is 1. The zero-order valence-corrected chi connectivity index (χ0v) is 8.53. The van der Waals surface area contributed by atoms with Crippen molar-refractivity contribution in [1.82, 2.24) is 14.8 Å². The van der Waals surface area contributed by atoms with E-state index in [4.69, 9.17) is 0 Å². The summed E-state index contributed by atoms with van der Waals surface area (Å²) in [5, 5.41) is 2.67. The summed E-state index contributed by atoms with van der Waals surface area (Å²) >= 11 is 0. The molecule has 0 radical (unpaired) electrons. The van der Waals surface area contributed by atoms with Crippen molar-refractivity contribution in [3.8, 4) is 0 Å². The van der Waals surface area contributed by atoms with Gasteiger partial charge in [0.15, 0.2) is 0 Å². The van der Waals surface area contributed by atoms with Crippen LogP contribution in [0.5, 0.6) is 0 Å². The first-order chi connectivity index (χ1) is 6.74. The van der Waals surface area contributed by atoms with E-state index in [-0.39, 0.29) is 12.1 Å². The van der Waals surface area contributed by atoms with Gasteiger partial charge >= 0.3 is 6.03 Å². The number of rotatable bonds is 0. The van der Waals surface area contributed by atoms with Crippen LogP contribution in [0.4, 0.5) is 4.79 Å². The Hall–Kier alpha value is -1.45. The number of amides is 2. The quantitative estimate of drug-likeness (QED) is 0.660. The molecule has 1 unspecified atom stereocenters. The van der Waals surface area contributed by atoms with Gasteiger partial charge in [-0.3, -0.25) is 0 Å². The summed E-state index contributed by atoms with van der Waals surface area (Å²) in [7, 11) is 1.67. The first kappa shape index (κ1) is 9.12. The summed E-state index contributed by atoms with van der Waals surface area (Å²) in [5.41, 5.74) is 1.21. The van der Waals surface area contributed by atoms with Gasteiger partial charge in [-0.05, 0) is 19.1 Å². The first-order valence-electron chi connectivity index (χ1n) is 4.87. The van der Waals surface area contributed by atoms with E-state index >= 15 is 0 Å². The molecule has 1 aliphatic rings. The fourth-order valence-corrected chi connectivity index (χ4v) is 2.00. The van der Waals surface area contributed by atoms with Gasteiger partial charge in [0.2, 0.25) is 0 Å². The van der Waals surface area contributed by atoms with Crippen molar-refractivity contribution in [2.45, 2.75) is 19.5 Å². The first-order valence-corrected chi connectivity index (χ1v) is 4.87. The zero-order valence-electron chi connectivity index (χ0n) is 8.53. The minimum atomic E-state index is 0.00458. The van der Waals surface area contributed by atoms with Gasteiger partial charge in [0.1, 0.15) is 0 Å². The summed E-state index contributed by atoms with van der Waals surface area (Å²) in [4.78, 5) is 13.4. The molecule has 1 atom stereocenters. The smallest absolute Gasteiger partial charge is 0.317 e. The number of urea groups is 1. The second-order valence-electron chi connectivity index (χ2n) is 3.55. The van der Waals surface area contributed by atoms with E-state index in [9.17, 15) is 4.79 Å². The summed E-state index contributed by atoms with van der Waals surface area (Å²) in [6.07, 6.45) is 2.06. The van der Waals surface area contributed by atoms with Crippen LogP contribution in [0.2, 0.25) is 0 Å². The van der Waals surface area contributed by atoms with Crippen LogP contribution in [0.15, 0.2) is 18.3 Å². The van der Waals surface area contributed by atoms with Gasteiger partial charge in [-0.2, -0.15) is 0 Å². The number of fused-ring (bicyclic) bond motifs is 1. The van der Waals surface area contributed by atoms with E-state index in [1.54, 1.807) is 7.05 Å². The topological polar surface area (TPSA) is 37.3 Å². The molecule has 0 fully saturated rings. The summed E-state index contributed by atoms with van der Waals surface area (Å²) in [5.74, 6) is 0. The molecular weight excluding hydrogens is 178 g/mol. The molecule has 1 aromatic rings. The minimum Gasteiger partial charge on any atom is -0.348 e. The molecule has 2 heterocycles. The van der Waals surface area contributed by atoms with Gasteiger partial charge in [0.05, 0.1) is 6.04 Å². The fourth-order valence-electron chi connectivity index (χ4n) is 2.00. The molecule has 0 bridgehead atoms. The predicted octanol–water partition coefficient (Wildman–Crippen LogP) is 1.20. The molecule has 1 N–H and O–H groups in total. The monoisotopic (exact) mass is 193 g/mol. The Bertz CT molecular complexity index is 345. The predicted molar refractivity (Wildman–Crippen MR) is 54.0 cm³/mol. The van der Waals surface area contributed by atoms with Gasteiger partial charge in [0, 0.05) is 32.0 Å². The second kappa shape index (κ2) is 3.36. The van der Waals surface area contributed by atoms with Crippen molar-refractivity contribution >= 4 is 6.03 Å².